The monoisotopic (exact) mass is 301 g/mol. The lowest BCUT2D eigenvalue weighted by Crippen LogP contribution is -2.43. The van der Waals surface area contributed by atoms with E-state index in [9.17, 15) is 4.79 Å². The van der Waals surface area contributed by atoms with Crippen molar-refractivity contribution in [1.29, 1.82) is 0 Å². The van der Waals surface area contributed by atoms with Crippen LogP contribution in [0.5, 0.6) is 0 Å². The zero-order valence-corrected chi connectivity index (χ0v) is 12.7. The van der Waals surface area contributed by atoms with Crippen molar-refractivity contribution < 1.29 is 4.79 Å². The zero-order chi connectivity index (χ0) is 13.7. The van der Waals surface area contributed by atoms with Crippen LogP contribution in [0.3, 0.4) is 0 Å². The smallest absolute Gasteiger partial charge is 0.224 e. The van der Waals surface area contributed by atoms with Crippen molar-refractivity contribution >= 4 is 18.3 Å². The predicted octanol–water partition coefficient (Wildman–Crippen LogP) is 0.129. The molecule has 1 aromatic rings. The molecule has 6 nitrogen and oxygen atoms in total. The minimum atomic E-state index is 0. The molecule has 2 rings (SSSR count). The summed E-state index contributed by atoms with van der Waals surface area (Å²) < 4.78 is 1.89. The Morgan fingerprint density at radius 2 is 2.40 bits per heavy atom. The summed E-state index contributed by atoms with van der Waals surface area (Å²) in [6.07, 6.45) is 3.85. The molecule has 7 heteroatoms. The van der Waals surface area contributed by atoms with Crippen molar-refractivity contribution in [2.45, 2.75) is 19.4 Å². The van der Waals surface area contributed by atoms with Crippen LogP contribution in [-0.2, 0) is 18.4 Å². The summed E-state index contributed by atoms with van der Waals surface area (Å²) in [6.45, 7) is 3.79. The molecule has 3 N–H and O–H groups in total. The van der Waals surface area contributed by atoms with Gasteiger partial charge in [-0.15, -0.1) is 12.4 Å². The third-order valence-corrected chi connectivity index (χ3v) is 3.63. The molecular formula is C13H24ClN5O. The third-order valence-electron chi connectivity index (χ3n) is 3.63. The van der Waals surface area contributed by atoms with Crippen molar-refractivity contribution in [3.63, 3.8) is 0 Å². The van der Waals surface area contributed by atoms with Gasteiger partial charge >= 0.3 is 0 Å². The number of carbonyl (C=O) groups is 1. The van der Waals surface area contributed by atoms with Crippen molar-refractivity contribution in [3.05, 3.63) is 18.0 Å². The number of likely N-dealkylation sites (tertiary alicyclic amines) is 1. The first-order valence-corrected chi connectivity index (χ1v) is 6.87. The maximum atomic E-state index is 12.0. The summed E-state index contributed by atoms with van der Waals surface area (Å²) in [6, 6.07) is 2.03. The fourth-order valence-electron chi connectivity index (χ4n) is 2.54. The van der Waals surface area contributed by atoms with Crippen LogP contribution in [0, 0.1) is 5.92 Å². The molecule has 1 atom stereocenters. The van der Waals surface area contributed by atoms with Gasteiger partial charge in [-0.3, -0.25) is 14.4 Å². The number of hydrogen-bond donors (Lipinski definition) is 2. The molecule has 114 valence electrons. The lowest BCUT2D eigenvalue weighted by Gasteiger charge is -2.31. The van der Waals surface area contributed by atoms with Crippen molar-refractivity contribution in [2.75, 3.05) is 26.2 Å². The quantitative estimate of drug-likeness (QED) is 0.810. The Balaban J connectivity index is 0.00000200. The number of nitrogens with two attached hydrogens (primary N) is 1. The van der Waals surface area contributed by atoms with E-state index in [4.69, 9.17) is 5.73 Å². The SMILES string of the molecule is Cl.Cn1nccc1CN1CCCC(C(=O)NCCN)C1. The van der Waals surface area contributed by atoms with E-state index in [1.54, 1.807) is 0 Å². The first-order chi connectivity index (χ1) is 9.20. The molecular weight excluding hydrogens is 278 g/mol. The molecule has 0 bridgehead atoms. The van der Waals surface area contributed by atoms with E-state index in [0.717, 1.165) is 32.5 Å². The van der Waals surface area contributed by atoms with Crippen LogP contribution >= 0.6 is 12.4 Å². The highest BCUT2D eigenvalue weighted by Gasteiger charge is 2.25. The molecule has 0 radical (unpaired) electrons. The van der Waals surface area contributed by atoms with Gasteiger partial charge in [-0.1, -0.05) is 0 Å². The van der Waals surface area contributed by atoms with Crippen LogP contribution in [0.15, 0.2) is 12.3 Å². The van der Waals surface area contributed by atoms with E-state index in [1.807, 2.05) is 24.0 Å². The summed E-state index contributed by atoms with van der Waals surface area (Å²) in [5.41, 5.74) is 6.59. The number of nitrogens with one attached hydrogen (secondary N) is 1. The second kappa shape index (κ2) is 8.24. The van der Waals surface area contributed by atoms with Gasteiger partial charge in [-0.25, -0.2) is 0 Å². The van der Waals surface area contributed by atoms with Gasteiger partial charge in [0, 0.05) is 39.4 Å². The maximum Gasteiger partial charge on any atom is 0.224 e. The fraction of sp³-hybridized carbons (Fsp3) is 0.692. The summed E-state index contributed by atoms with van der Waals surface area (Å²) in [4.78, 5) is 14.3. The lowest BCUT2D eigenvalue weighted by molar-refractivity contribution is -0.126. The Kier molecular flexibility index (Phi) is 6.98. The van der Waals surface area contributed by atoms with E-state index in [1.165, 1.54) is 5.69 Å². The van der Waals surface area contributed by atoms with Crippen molar-refractivity contribution in [2.24, 2.45) is 18.7 Å². The Hall–Kier alpha value is -1.11. The summed E-state index contributed by atoms with van der Waals surface area (Å²) in [7, 11) is 1.95. The largest absolute Gasteiger partial charge is 0.355 e. The Morgan fingerprint density at radius 3 is 3.05 bits per heavy atom. The average Bonchev–Trinajstić information content (AvgIpc) is 2.82. The number of aryl methyl sites for hydroxylation is 1. The van der Waals surface area contributed by atoms with Gasteiger partial charge in [-0.05, 0) is 25.5 Å². The van der Waals surface area contributed by atoms with Gasteiger partial charge in [0.2, 0.25) is 5.91 Å². The van der Waals surface area contributed by atoms with Crippen molar-refractivity contribution in [1.82, 2.24) is 20.0 Å². The Labute approximate surface area is 126 Å². The number of rotatable bonds is 5. The molecule has 1 unspecified atom stereocenters. The molecule has 0 aromatic carbocycles. The highest BCUT2D eigenvalue weighted by Crippen LogP contribution is 2.18. The predicted molar refractivity (Wildman–Crippen MR) is 80.5 cm³/mol. The number of piperidine rings is 1. The molecule has 1 aromatic heterocycles. The highest BCUT2D eigenvalue weighted by molar-refractivity contribution is 5.85. The van der Waals surface area contributed by atoms with E-state index < -0.39 is 0 Å². The summed E-state index contributed by atoms with van der Waals surface area (Å²) in [5, 5.41) is 7.06. The number of amides is 1. The molecule has 1 saturated heterocycles. The molecule has 20 heavy (non-hydrogen) atoms. The number of carbonyl (C=O) groups excluding carboxylic acids is 1. The number of hydrogen-bond acceptors (Lipinski definition) is 4. The van der Waals surface area contributed by atoms with Gasteiger partial charge in [0.05, 0.1) is 11.6 Å². The molecule has 1 aliphatic rings. The van der Waals surface area contributed by atoms with Gasteiger partial charge in [-0.2, -0.15) is 5.10 Å². The molecule has 0 saturated carbocycles. The molecule has 0 spiro atoms. The van der Waals surface area contributed by atoms with E-state index >= 15 is 0 Å². The minimum absolute atomic E-state index is 0. The van der Waals surface area contributed by atoms with Crippen LogP contribution in [0.25, 0.3) is 0 Å². The average molecular weight is 302 g/mol. The van der Waals surface area contributed by atoms with E-state index in [-0.39, 0.29) is 24.2 Å². The van der Waals surface area contributed by atoms with Crippen molar-refractivity contribution in [3.8, 4) is 0 Å². The van der Waals surface area contributed by atoms with Gasteiger partial charge in [0.1, 0.15) is 0 Å². The topological polar surface area (TPSA) is 76.2 Å². The zero-order valence-electron chi connectivity index (χ0n) is 11.9. The lowest BCUT2D eigenvalue weighted by atomic mass is 9.97. The third kappa shape index (κ3) is 4.47. The first kappa shape index (κ1) is 16.9. The van der Waals surface area contributed by atoms with Gasteiger partial charge < -0.3 is 11.1 Å². The maximum absolute atomic E-state index is 12.0. The van der Waals surface area contributed by atoms with E-state index in [2.05, 4.69) is 15.3 Å². The van der Waals surface area contributed by atoms with E-state index in [0.29, 0.717) is 13.1 Å². The number of nitrogens with zero attached hydrogens (tertiary/aromatic N) is 3. The van der Waals surface area contributed by atoms with Gasteiger partial charge in [0.15, 0.2) is 0 Å². The van der Waals surface area contributed by atoms with Gasteiger partial charge in [0.25, 0.3) is 0 Å². The van der Waals surface area contributed by atoms with Crippen LogP contribution in [0.4, 0.5) is 0 Å². The van der Waals surface area contributed by atoms with Crippen LogP contribution < -0.4 is 11.1 Å². The normalized spacial score (nSPS) is 19.4. The number of aromatic nitrogens is 2. The first-order valence-electron chi connectivity index (χ1n) is 6.87. The standard InChI is InChI=1S/C13H23N5O.ClH/c1-17-12(4-6-16-17)10-18-8-2-3-11(9-18)13(19)15-7-5-14;/h4,6,11H,2-3,5,7-10,14H2,1H3,(H,15,19);1H. The summed E-state index contributed by atoms with van der Waals surface area (Å²) >= 11 is 0. The Morgan fingerprint density at radius 1 is 1.60 bits per heavy atom. The van der Waals surface area contributed by atoms with Crippen LogP contribution in [-0.4, -0.2) is 46.8 Å². The molecule has 1 fully saturated rings. The molecule has 2 heterocycles. The van der Waals surface area contributed by atoms with Crippen LogP contribution in [0.2, 0.25) is 0 Å². The van der Waals surface area contributed by atoms with Crippen LogP contribution in [0.1, 0.15) is 18.5 Å². The number of halogens is 1. The minimum Gasteiger partial charge on any atom is -0.355 e. The summed E-state index contributed by atoms with van der Waals surface area (Å²) in [5.74, 6) is 0.230. The molecule has 0 aliphatic carbocycles. The molecule has 1 amide bonds. The second-order valence-corrected chi connectivity index (χ2v) is 5.10. The highest BCUT2D eigenvalue weighted by atomic mass is 35.5. The Bertz CT molecular complexity index is 423. The second-order valence-electron chi connectivity index (χ2n) is 5.10. The molecule has 1 aliphatic heterocycles. The fourth-order valence-corrected chi connectivity index (χ4v) is 2.54.